The highest BCUT2D eigenvalue weighted by molar-refractivity contribution is 7.20. The molecule has 0 radical (unpaired) electrons. The van der Waals surface area contributed by atoms with Gasteiger partial charge in [0.15, 0.2) is 6.29 Å². The van der Waals surface area contributed by atoms with E-state index in [0.717, 1.165) is 44.7 Å². The van der Waals surface area contributed by atoms with Crippen molar-refractivity contribution in [3.8, 4) is 0 Å². The molecule has 0 aliphatic rings. The van der Waals surface area contributed by atoms with E-state index >= 15 is 0 Å². The second kappa shape index (κ2) is 12.1. The molecule has 0 amide bonds. The molecular weight excluding hydrogens is 378 g/mol. The lowest BCUT2D eigenvalue weighted by molar-refractivity contribution is 0.112. The van der Waals surface area contributed by atoms with Gasteiger partial charge in [-0.25, -0.2) is 4.98 Å². The molecule has 2 heterocycles. The van der Waals surface area contributed by atoms with Crippen molar-refractivity contribution >= 4 is 45.1 Å². The Bertz CT molecular complexity index is 839. The Labute approximate surface area is 170 Å². The summed E-state index contributed by atoms with van der Waals surface area (Å²) < 4.78 is 0. The highest BCUT2D eigenvalue weighted by Crippen LogP contribution is 2.32. The second-order valence-electron chi connectivity index (χ2n) is 5.51. The molecule has 0 saturated carbocycles. The molecule has 4 nitrogen and oxygen atoms in total. The number of nitrogens with zero attached hydrogens (tertiary/aromatic N) is 2. The van der Waals surface area contributed by atoms with E-state index in [1.54, 1.807) is 18.5 Å². The average molecular weight is 404 g/mol. The van der Waals surface area contributed by atoms with E-state index < -0.39 is 0 Å². The fourth-order valence-corrected chi connectivity index (χ4v) is 3.47. The largest absolute Gasteiger partial charge is 0.387 e. The quantitative estimate of drug-likeness (QED) is 0.263. The number of allylic oxidation sites excluding steroid dienone is 4. The average Bonchev–Trinajstić information content (AvgIpc) is 3.03. The van der Waals surface area contributed by atoms with Crippen molar-refractivity contribution in [3.05, 3.63) is 72.1 Å². The maximum atomic E-state index is 10.8. The van der Waals surface area contributed by atoms with E-state index in [2.05, 4.69) is 23.5 Å². The van der Waals surface area contributed by atoms with Crippen LogP contribution in [0.2, 0.25) is 0 Å². The fourth-order valence-electron chi connectivity index (χ4n) is 2.36. The lowest BCUT2D eigenvalue weighted by Gasteiger charge is -2.15. The Morgan fingerprint density at radius 2 is 2.15 bits per heavy atom. The number of fused-ring (bicyclic) bond motifs is 1. The molecule has 0 aromatic carbocycles. The van der Waals surface area contributed by atoms with Gasteiger partial charge in [-0.15, -0.1) is 22.9 Å². The number of nitrogens with one attached hydrogen (secondary N) is 1. The van der Waals surface area contributed by atoms with Gasteiger partial charge in [-0.1, -0.05) is 31.4 Å². The van der Waals surface area contributed by atoms with Crippen molar-refractivity contribution in [1.29, 1.82) is 0 Å². The van der Waals surface area contributed by atoms with Crippen LogP contribution in [-0.2, 0) is 0 Å². The minimum absolute atomic E-state index is 0.555. The first-order chi connectivity index (χ1) is 13.0. The third kappa shape index (κ3) is 6.38. The van der Waals surface area contributed by atoms with Gasteiger partial charge in [0, 0.05) is 49.4 Å². The minimum Gasteiger partial charge on any atom is -0.387 e. The number of rotatable bonds is 8. The number of pyridine rings is 1. The number of alkyl halides is 1. The summed E-state index contributed by atoms with van der Waals surface area (Å²) >= 11 is 6.95. The molecule has 2 rings (SSSR count). The van der Waals surface area contributed by atoms with E-state index in [1.165, 1.54) is 11.3 Å². The van der Waals surface area contributed by atoms with Gasteiger partial charge in [-0.3, -0.25) is 4.79 Å². The summed E-state index contributed by atoms with van der Waals surface area (Å²) in [5.74, 6) is 0.555. The number of thiophene rings is 1. The number of hydrogen-bond acceptors (Lipinski definition) is 5. The molecule has 27 heavy (non-hydrogen) atoms. The van der Waals surface area contributed by atoms with Crippen LogP contribution < -0.4 is 5.32 Å². The zero-order chi connectivity index (χ0) is 20.2. The lowest BCUT2D eigenvalue weighted by Crippen LogP contribution is -2.08. The van der Waals surface area contributed by atoms with E-state index in [-0.39, 0.29) is 0 Å². The number of aldehydes is 1. The lowest BCUT2D eigenvalue weighted by atomic mass is 10.2. The predicted octanol–water partition coefficient (Wildman–Crippen LogP) is 5.78. The van der Waals surface area contributed by atoms with Gasteiger partial charge in [0.2, 0.25) is 0 Å². The van der Waals surface area contributed by atoms with Crippen LogP contribution in [0.3, 0.4) is 0 Å². The number of aryl methyl sites for hydroxylation is 1. The monoisotopic (exact) mass is 403 g/mol. The fraction of sp³-hybridized carbons (Fsp3) is 0.238. The van der Waals surface area contributed by atoms with Gasteiger partial charge < -0.3 is 10.2 Å². The second-order valence-corrected chi connectivity index (χ2v) is 6.85. The van der Waals surface area contributed by atoms with Crippen molar-refractivity contribution in [2.75, 3.05) is 25.3 Å². The van der Waals surface area contributed by atoms with Crippen LogP contribution in [0.1, 0.15) is 21.7 Å². The number of carbonyl (C=O) groups is 1. The molecule has 0 unspecified atom stereocenters. The van der Waals surface area contributed by atoms with E-state index in [1.807, 2.05) is 50.2 Å². The first-order valence-electron chi connectivity index (χ1n) is 8.42. The predicted molar refractivity (Wildman–Crippen MR) is 120 cm³/mol. The summed E-state index contributed by atoms with van der Waals surface area (Å²) in [6, 6.07) is 1.91. The Kier molecular flexibility index (Phi) is 10.2. The molecule has 0 spiro atoms. The molecule has 0 fully saturated rings. The number of carbonyl (C=O) groups excluding carboxylic acids is 1. The van der Waals surface area contributed by atoms with Crippen LogP contribution in [0.5, 0.6) is 0 Å². The molecule has 2 aromatic rings. The molecule has 0 atom stereocenters. The Hall–Kier alpha value is -2.37. The molecule has 2 aromatic heterocycles. The first kappa shape index (κ1) is 22.7. The Balaban J connectivity index is 0.000000271. The van der Waals surface area contributed by atoms with Gasteiger partial charge in [0.05, 0.1) is 4.88 Å². The van der Waals surface area contributed by atoms with Crippen LogP contribution >= 0.6 is 22.9 Å². The van der Waals surface area contributed by atoms with Crippen molar-refractivity contribution in [2.24, 2.45) is 0 Å². The summed E-state index contributed by atoms with van der Waals surface area (Å²) in [6.45, 7) is 9.30. The molecule has 6 heteroatoms. The van der Waals surface area contributed by atoms with Crippen LogP contribution in [-0.4, -0.2) is 36.1 Å². The molecule has 1 N–H and O–H groups in total. The van der Waals surface area contributed by atoms with Crippen molar-refractivity contribution < 1.29 is 4.79 Å². The highest BCUT2D eigenvalue weighted by Gasteiger charge is 2.11. The van der Waals surface area contributed by atoms with Crippen LogP contribution in [0.15, 0.2) is 61.6 Å². The third-order valence-corrected chi connectivity index (χ3v) is 5.17. The summed E-state index contributed by atoms with van der Waals surface area (Å²) in [4.78, 5) is 18.6. The highest BCUT2D eigenvalue weighted by atomic mass is 35.5. The number of halogens is 1. The summed E-state index contributed by atoms with van der Waals surface area (Å²) in [5.41, 5.74) is 3.18. The minimum atomic E-state index is 0.555. The topological polar surface area (TPSA) is 45.2 Å². The van der Waals surface area contributed by atoms with Crippen LogP contribution in [0.4, 0.5) is 5.69 Å². The summed E-state index contributed by atoms with van der Waals surface area (Å²) in [5, 5.41) is 4.16. The van der Waals surface area contributed by atoms with E-state index in [9.17, 15) is 4.79 Å². The smallest absolute Gasteiger partial charge is 0.160 e. The molecule has 0 aliphatic carbocycles. The molecule has 0 aliphatic heterocycles. The normalized spacial score (nSPS) is 11.0. The summed E-state index contributed by atoms with van der Waals surface area (Å²) in [7, 11) is 3.82. The van der Waals surface area contributed by atoms with Crippen molar-refractivity contribution in [3.63, 3.8) is 0 Å². The van der Waals surface area contributed by atoms with E-state index in [4.69, 9.17) is 11.6 Å². The van der Waals surface area contributed by atoms with Gasteiger partial charge in [0.25, 0.3) is 0 Å². The standard InChI is InChI=1S/C11H16ClN.C10H10N2OS/c1-4-8-11(13(3)5-2)9-6-7-10-12;1-6-8(5-13)14-10-9(6)7(11-2)3-4-12-10/h4-8H,1-2,9-10H2,3H3;3-5H,1-2H3,(H,11,12)/b7-6-,11-8+;. The first-order valence-corrected chi connectivity index (χ1v) is 9.78. The van der Waals surface area contributed by atoms with Gasteiger partial charge >= 0.3 is 0 Å². The SMILES string of the molecule is C=C/C=C(\C/C=C\CCl)N(C)C=C.CNc1ccnc2sc(C=O)c(C)c12. The maximum Gasteiger partial charge on any atom is 0.160 e. The van der Waals surface area contributed by atoms with Crippen LogP contribution in [0.25, 0.3) is 10.2 Å². The van der Waals surface area contributed by atoms with Crippen LogP contribution in [0, 0.1) is 6.92 Å². The zero-order valence-corrected chi connectivity index (χ0v) is 17.6. The maximum absolute atomic E-state index is 10.8. The molecule has 0 saturated heterocycles. The number of aromatic nitrogens is 1. The molecule has 0 bridgehead atoms. The third-order valence-electron chi connectivity index (χ3n) is 3.86. The number of anilines is 1. The number of hydrogen-bond donors (Lipinski definition) is 1. The molecular formula is C21H26ClN3OS. The molecule has 144 valence electrons. The van der Waals surface area contributed by atoms with E-state index in [0.29, 0.717) is 5.88 Å². The van der Waals surface area contributed by atoms with Gasteiger partial charge in [-0.05, 0) is 30.8 Å². The van der Waals surface area contributed by atoms with Gasteiger partial charge in [-0.2, -0.15) is 0 Å². The van der Waals surface area contributed by atoms with Gasteiger partial charge in [0.1, 0.15) is 4.83 Å². The zero-order valence-electron chi connectivity index (χ0n) is 16.0. The Morgan fingerprint density at radius 3 is 2.70 bits per heavy atom. The van der Waals surface area contributed by atoms with Crippen molar-refractivity contribution in [1.82, 2.24) is 9.88 Å². The van der Waals surface area contributed by atoms with Crippen molar-refractivity contribution in [2.45, 2.75) is 13.3 Å². The Morgan fingerprint density at radius 1 is 1.41 bits per heavy atom. The summed E-state index contributed by atoms with van der Waals surface area (Å²) in [6.07, 6.45) is 12.9.